The van der Waals surface area contributed by atoms with Gasteiger partial charge in [0.05, 0.1) is 19.4 Å². The Bertz CT molecular complexity index is 727. The molecule has 0 saturated heterocycles. The average molecular weight is 333 g/mol. The normalized spacial score (nSPS) is 11.0. The Labute approximate surface area is 138 Å². The van der Waals surface area contributed by atoms with Crippen molar-refractivity contribution in [3.8, 4) is 11.5 Å². The van der Waals surface area contributed by atoms with Gasteiger partial charge in [-0.3, -0.25) is 4.79 Å². The number of carbonyl (C=O) groups excluding carboxylic acids is 1. The molecule has 10 heteroatoms. The van der Waals surface area contributed by atoms with Crippen LogP contribution in [0.2, 0.25) is 0 Å². The van der Waals surface area contributed by atoms with E-state index in [1.54, 1.807) is 25.3 Å². The molecule has 2 aromatic rings. The highest BCUT2D eigenvalue weighted by Crippen LogP contribution is 2.28. The number of carbonyl (C=O) groups is 1. The summed E-state index contributed by atoms with van der Waals surface area (Å²) >= 11 is 0. The van der Waals surface area contributed by atoms with Crippen molar-refractivity contribution in [2.75, 3.05) is 12.8 Å². The van der Waals surface area contributed by atoms with E-state index in [-0.39, 0.29) is 18.6 Å². The van der Waals surface area contributed by atoms with Gasteiger partial charge in [-0.2, -0.15) is 9.90 Å². The molecule has 10 nitrogen and oxygen atoms in total. The monoisotopic (exact) mass is 333 g/mol. The molecule has 24 heavy (non-hydrogen) atoms. The third kappa shape index (κ3) is 4.93. The first kappa shape index (κ1) is 17.2. The van der Waals surface area contributed by atoms with Crippen LogP contribution in [0.1, 0.15) is 19.4 Å². The lowest BCUT2D eigenvalue weighted by Gasteiger charge is -2.13. The van der Waals surface area contributed by atoms with Gasteiger partial charge in [-0.15, -0.1) is 5.10 Å². The Balaban J connectivity index is 1.94. The molecule has 0 saturated carbocycles. The molecule has 1 aromatic carbocycles. The van der Waals surface area contributed by atoms with Crippen LogP contribution < -0.4 is 20.6 Å². The summed E-state index contributed by atoms with van der Waals surface area (Å²) in [6.45, 7) is 3.73. The summed E-state index contributed by atoms with van der Waals surface area (Å²) in [6.07, 6.45) is 1.53. The van der Waals surface area contributed by atoms with Crippen LogP contribution in [0.3, 0.4) is 0 Å². The highest BCUT2D eigenvalue weighted by atomic mass is 16.5. The number of benzene rings is 1. The molecule has 0 spiro atoms. The third-order valence-corrected chi connectivity index (χ3v) is 2.71. The fourth-order valence-electron chi connectivity index (χ4n) is 1.78. The zero-order valence-corrected chi connectivity index (χ0v) is 13.6. The number of nitrogen functional groups attached to an aromatic ring is 1. The molecule has 0 atom stereocenters. The highest BCUT2D eigenvalue weighted by molar-refractivity contribution is 5.83. The maximum absolute atomic E-state index is 11.7. The van der Waals surface area contributed by atoms with Crippen molar-refractivity contribution in [1.82, 2.24) is 25.6 Å². The van der Waals surface area contributed by atoms with Crippen molar-refractivity contribution in [2.24, 2.45) is 5.10 Å². The largest absolute Gasteiger partial charge is 0.493 e. The number of hydrogen-bond acceptors (Lipinski definition) is 8. The second kappa shape index (κ2) is 7.90. The Morgan fingerprint density at radius 1 is 1.46 bits per heavy atom. The zero-order chi connectivity index (χ0) is 17.5. The first-order valence-corrected chi connectivity index (χ1v) is 7.18. The van der Waals surface area contributed by atoms with E-state index in [0.717, 1.165) is 10.4 Å². The third-order valence-electron chi connectivity index (χ3n) is 2.71. The molecule has 0 radical (unpaired) electrons. The van der Waals surface area contributed by atoms with Crippen LogP contribution in [0.15, 0.2) is 23.3 Å². The van der Waals surface area contributed by atoms with Gasteiger partial charge in [-0.05, 0) is 42.8 Å². The first-order valence-electron chi connectivity index (χ1n) is 7.18. The lowest BCUT2D eigenvalue weighted by atomic mass is 10.2. The minimum Gasteiger partial charge on any atom is -0.493 e. The molecule has 1 aromatic heterocycles. The lowest BCUT2D eigenvalue weighted by molar-refractivity contribution is -0.122. The van der Waals surface area contributed by atoms with E-state index in [1.165, 1.54) is 6.21 Å². The summed E-state index contributed by atoms with van der Waals surface area (Å²) in [5.41, 5.74) is 8.42. The highest BCUT2D eigenvalue weighted by Gasteiger charge is 2.07. The molecule has 2 rings (SSSR count). The summed E-state index contributed by atoms with van der Waals surface area (Å²) < 4.78 is 10.9. The van der Waals surface area contributed by atoms with Crippen molar-refractivity contribution in [3.05, 3.63) is 23.8 Å². The second-order valence-corrected chi connectivity index (χ2v) is 5.05. The maximum atomic E-state index is 11.7. The van der Waals surface area contributed by atoms with E-state index in [1.807, 2.05) is 13.8 Å². The van der Waals surface area contributed by atoms with Crippen LogP contribution in [-0.4, -0.2) is 45.5 Å². The van der Waals surface area contributed by atoms with Gasteiger partial charge in [0, 0.05) is 0 Å². The Morgan fingerprint density at radius 3 is 2.88 bits per heavy atom. The molecular formula is C14H19N7O3. The van der Waals surface area contributed by atoms with Gasteiger partial charge in [0.25, 0.3) is 11.9 Å². The van der Waals surface area contributed by atoms with Gasteiger partial charge >= 0.3 is 0 Å². The lowest BCUT2D eigenvalue weighted by Crippen LogP contribution is -2.24. The van der Waals surface area contributed by atoms with E-state index in [9.17, 15) is 4.79 Å². The van der Waals surface area contributed by atoms with E-state index < -0.39 is 5.91 Å². The summed E-state index contributed by atoms with van der Waals surface area (Å²) in [5.74, 6) is 0.822. The quantitative estimate of drug-likeness (QED) is 0.547. The molecule has 3 N–H and O–H groups in total. The van der Waals surface area contributed by atoms with Gasteiger partial charge in [0.2, 0.25) is 0 Å². The Kier molecular flexibility index (Phi) is 5.66. The minimum atomic E-state index is -0.407. The first-order chi connectivity index (χ1) is 11.5. The number of nitrogens with two attached hydrogens (primary N) is 1. The average Bonchev–Trinajstić information content (AvgIpc) is 2.93. The van der Waals surface area contributed by atoms with Gasteiger partial charge in [-0.1, -0.05) is 5.10 Å². The summed E-state index contributed by atoms with van der Waals surface area (Å²) in [7, 11) is 1.56. The van der Waals surface area contributed by atoms with Gasteiger partial charge in [-0.25, -0.2) is 5.43 Å². The van der Waals surface area contributed by atoms with Crippen LogP contribution in [-0.2, 0) is 11.3 Å². The van der Waals surface area contributed by atoms with E-state index in [2.05, 4.69) is 25.9 Å². The molecule has 0 bridgehead atoms. The number of ether oxygens (including phenoxy) is 2. The van der Waals surface area contributed by atoms with Gasteiger partial charge in [0.1, 0.15) is 6.54 Å². The molecule has 0 fully saturated rings. The molecule has 0 aliphatic heterocycles. The topological polar surface area (TPSA) is 130 Å². The van der Waals surface area contributed by atoms with Crippen molar-refractivity contribution in [3.63, 3.8) is 0 Å². The van der Waals surface area contributed by atoms with Crippen molar-refractivity contribution < 1.29 is 14.3 Å². The predicted molar refractivity (Wildman–Crippen MR) is 86.7 cm³/mol. The summed E-state index contributed by atoms with van der Waals surface area (Å²) in [6, 6.07) is 5.34. The summed E-state index contributed by atoms with van der Waals surface area (Å²) in [4.78, 5) is 12.7. The maximum Gasteiger partial charge on any atom is 0.263 e. The minimum absolute atomic E-state index is 0.00195. The van der Waals surface area contributed by atoms with E-state index >= 15 is 0 Å². The van der Waals surface area contributed by atoms with E-state index in [4.69, 9.17) is 15.2 Å². The number of aromatic nitrogens is 4. The number of rotatable bonds is 7. The number of nitrogens with one attached hydrogen (secondary N) is 1. The van der Waals surface area contributed by atoms with Crippen molar-refractivity contribution in [1.29, 1.82) is 0 Å². The smallest absolute Gasteiger partial charge is 0.263 e. The fourth-order valence-corrected chi connectivity index (χ4v) is 1.78. The SMILES string of the molecule is COc1cc(/C=N/NC(=O)Cn2nnc(N)n2)ccc1OC(C)C. The molecule has 1 heterocycles. The van der Waals surface area contributed by atoms with Crippen LogP contribution in [0, 0.1) is 0 Å². The fraction of sp³-hybridized carbons (Fsp3) is 0.357. The van der Waals surface area contributed by atoms with Gasteiger partial charge < -0.3 is 15.2 Å². The van der Waals surface area contributed by atoms with Crippen molar-refractivity contribution >= 4 is 18.1 Å². The number of tetrazole rings is 1. The van der Waals surface area contributed by atoms with Gasteiger partial charge in [0.15, 0.2) is 11.5 Å². The number of amides is 1. The Hall–Kier alpha value is -3.17. The predicted octanol–water partition coefficient (Wildman–Crippen LogP) is 0.201. The second-order valence-electron chi connectivity index (χ2n) is 5.05. The van der Waals surface area contributed by atoms with Crippen LogP contribution in [0.4, 0.5) is 5.95 Å². The molecule has 0 aliphatic carbocycles. The van der Waals surface area contributed by atoms with Crippen LogP contribution in [0.5, 0.6) is 11.5 Å². The molecule has 1 amide bonds. The molecular weight excluding hydrogens is 314 g/mol. The molecule has 128 valence electrons. The number of methoxy groups -OCH3 is 1. The number of hydrazone groups is 1. The standard InChI is InChI=1S/C14H19N7O3/c1-9(2)24-11-5-4-10(6-12(11)23-3)7-16-17-13(22)8-21-19-14(15)18-20-21/h4-7,9H,8H2,1-3H3,(H2,15,19)(H,17,22)/b16-7+. The zero-order valence-electron chi connectivity index (χ0n) is 13.6. The van der Waals surface area contributed by atoms with E-state index in [0.29, 0.717) is 11.5 Å². The number of nitrogens with zero attached hydrogens (tertiary/aromatic N) is 5. The van der Waals surface area contributed by atoms with Crippen LogP contribution in [0.25, 0.3) is 0 Å². The molecule has 0 aliphatic rings. The Morgan fingerprint density at radius 2 is 2.25 bits per heavy atom. The number of hydrogen-bond donors (Lipinski definition) is 2. The molecule has 0 unspecified atom stereocenters. The number of anilines is 1. The van der Waals surface area contributed by atoms with Crippen molar-refractivity contribution in [2.45, 2.75) is 26.5 Å². The summed E-state index contributed by atoms with van der Waals surface area (Å²) in [5, 5.41) is 14.6. The van der Waals surface area contributed by atoms with Crippen LogP contribution >= 0.6 is 0 Å².